The number of esters is 1. The average molecular weight is 467 g/mol. The summed E-state index contributed by atoms with van der Waals surface area (Å²) in [4.78, 5) is 24.6. The molecule has 7 heteroatoms. The van der Waals surface area contributed by atoms with Crippen molar-refractivity contribution in [3.8, 4) is 11.5 Å². The molecule has 2 aromatic carbocycles. The fraction of sp³-hybridized carbons (Fsp3) is 0.481. The third kappa shape index (κ3) is 4.30. The van der Waals surface area contributed by atoms with Crippen LogP contribution in [0.15, 0.2) is 42.5 Å². The van der Waals surface area contributed by atoms with Crippen LogP contribution in [0.2, 0.25) is 0 Å². The number of hydrogen-bond acceptors (Lipinski definition) is 6. The zero-order valence-corrected chi connectivity index (χ0v) is 19.0. The Morgan fingerprint density at radius 3 is 2.24 bits per heavy atom. The fourth-order valence-corrected chi connectivity index (χ4v) is 6.77. The number of ether oxygens (including phenoxy) is 2. The number of hydrogen-bond donors (Lipinski definition) is 3. The number of aliphatic hydroxyl groups excluding tert-OH is 2. The molecule has 6 rings (SSSR count). The van der Waals surface area contributed by atoms with Gasteiger partial charge in [0.2, 0.25) is 0 Å². The second-order valence-corrected chi connectivity index (χ2v) is 10.2. The molecule has 0 spiro atoms. The highest BCUT2D eigenvalue weighted by molar-refractivity contribution is 5.95. The zero-order valence-electron chi connectivity index (χ0n) is 19.0. The summed E-state index contributed by atoms with van der Waals surface area (Å²) in [6.45, 7) is -0.425. The first-order valence-corrected chi connectivity index (χ1v) is 12.0. The van der Waals surface area contributed by atoms with Gasteiger partial charge in [-0.1, -0.05) is 12.1 Å². The van der Waals surface area contributed by atoms with Crippen molar-refractivity contribution in [3.63, 3.8) is 0 Å². The molecule has 0 aromatic heterocycles. The van der Waals surface area contributed by atoms with Gasteiger partial charge in [-0.25, -0.2) is 9.59 Å². The van der Waals surface area contributed by atoms with E-state index >= 15 is 0 Å². The molecular formula is C27H30O7. The number of carbonyl (C=O) groups excluding carboxylic acids is 1. The summed E-state index contributed by atoms with van der Waals surface area (Å²) in [6, 6.07) is 11.2. The summed E-state index contributed by atoms with van der Waals surface area (Å²) in [5.41, 5.74) is 1.14. The van der Waals surface area contributed by atoms with Crippen molar-refractivity contribution in [1.29, 1.82) is 0 Å². The molecule has 0 heterocycles. The number of para-hydroxylation sites is 1. The van der Waals surface area contributed by atoms with Crippen LogP contribution in [0.25, 0.3) is 0 Å². The van der Waals surface area contributed by atoms with Crippen molar-refractivity contribution >= 4 is 11.9 Å². The van der Waals surface area contributed by atoms with Crippen LogP contribution in [0.5, 0.6) is 11.5 Å². The maximum absolute atomic E-state index is 13.1. The Balaban J connectivity index is 1.48. The lowest BCUT2D eigenvalue weighted by Gasteiger charge is -2.57. The molecule has 0 saturated heterocycles. The van der Waals surface area contributed by atoms with Gasteiger partial charge in [0, 0.05) is 5.56 Å². The molecule has 180 valence electrons. The van der Waals surface area contributed by atoms with Crippen molar-refractivity contribution in [3.05, 3.63) is 59.2 Å². The molecule has 2 aromatic rings. The Kier molecular flexibility index (Phi) is 6.08. The zero-order chi connectivity index (χ0) is 23.9. The highest BCUT2D eigenvalue weighted by atomic mass is 16.5. The molecule has 7 nitrogen and oxygen atoms in total. The van der Waals surface area contributed by atoms with Crippen molar-refractivity contribution < 1.29 is 34.4 Å². The minimum atomic E-state index is -1.16. The molecule has 1 atom stereocenters. The molecule has 4 aliphatic rings. The molecule has 0 aliphatic heterocycles. The van der Waals surface area contributed by atoms with E-state index in [-0.39, 0.29) is 29.9 Å². The van der Waals surface area contributed by atoms with Gasteiger partial charge in [0.15, 0.2) is 0 Å². The van der Waals surface area contributed by atoms with E-state index in [0.29, 0.717) is 29.1 Å². The molecule has 0 amide bonds. The Morgan fingerprint density at radius 2 is 1.62 bits per heavy atom. The SMILES string of the molecule is O=C(Oc1ccccc1C(=O)O)c1ccc(OCC(O)CO)c(C23CC4CC(CC(C4)C2)C3)c1. The third-order valence-electron chi connectivity index (χ3n) is 7.79. The normalized spacial score (nSPS) is 27.9. The maximum Gasteiger partial charge on any atom is 0.343 e. The molecular weight excluding hydrogens is 436 g/mol. The average Bonchev–Trinajstić information content (AvgIpc) is 2.81. The standard InChI is InChI=1S/C27H30O7/c28-14-20(29)15-33-24-6-5-19(26(32)34-23-4-2-1-3-21(23)25(30)31)10-22(24)27-11-16-7-17(12-27)9-18(8-16)13-27/h1-6,10,16-18,20,28-29H,7-9,11-15H2,(H,30,31). The fourth-order valence-electron chi connectivity index (χ4n) is 6.77. The van der Waals surface area contributed by atoms with Crippen molar-refractivity contribution in [2.75, 3.05) is 13.2 Å². The second kappa shape index (κ2) is 9.04. The van der Waals surface area contributed by atoms with Crippen LogP contribution in [-0.4, -0.2) is 46.6 Å². The Labute approximate surface area is 198 Å². The monoisotopic (exact) mass is 466 g/mol. The molecule has 4 bridgehead atoms. The van der Waals surface area contributed by atoms with Gasteiger partial charge in [-0.15, -0.1) is 0 Å². The summed E-state index contributed by atoms with van der Waals surface area (Å²) in [7, 11) is 0. The minimum absolute atomic E-state index is 0.00255. The lowest BCUT2D eigenvalue weighted by atomic mass is 9.48. The van der Waals surface area contributed by atoms with Crippen LogP contribution >= 0.6 is 0 Å². The van der Waals surface area contributed by atoms with E-state index in [0.717, 1.165) is 24.8 Å². The van der Waals surface area contributed by atoms with Gasteiger partial charge in [-0.2, -0.15) is 0 Å². The highest BCUT2D eigenvalue weighted by Crippen LogP contribution is 2.62. The highest BCUT2D eigenvalue weighted by Gasteiger charge is 2.52. The molecule has 4 fully saturated rings. The van der Waals surface area contributed by atoms with Gasteiger partial charge in [-0.3, -0.25) is 0 Å². The van der Waals surface area contributed by atoms with Crippen molar-refractivity contribution in [2.24, 2.45) is 17.8 Å². The number of aromatic carboxylic acids is 1. The third-order valence-corrected chi connectivity index (χ3v) is 7.79. The molecule has 4 saturated carbocycles. The molecule has 1 unspecified atom stereocenters. The summed E-state index contributed by atoms with van der Waals surface area (Å²) in [5.74, 6) is 0.880. The summed E-state index contributed by atoms with van der Waals surface area (Å²) in [6.07, 6.45) is 5.99. The summed E-state index contributed by atoms with van der Waals surface area (Å²) < 4.78 is 11.4. The van der Waals surface area contributed by atoms with Crippen LogP contribution in [-0.2, 0) is 5.41 Å². The lowest BCUT2D eigenvalue weighted by Crippen LogP contribution is -2.48. The van der Waals surface area contributed by atoms with Gasteiger partial charge in [0.05, 0.1) is 12.2 Å². The first kappa shape index (κ1) is 22.9. The van der Waals surface area contributed by atoms with Gasteiger partial charge >= 0.3 is 11.9 Å². The largest absolute Gasteiger partial charge is 0.490 e. The smallest absolute Gasteiger partial charge is 0.343 e. The van der Waals surface area contributed by atoms with Crippen LogP contribution < -0.4 is 9.47 Å². The predicted molar refractivity (Wildman–Crippen MR) is 123 cm³/mol. The predicted octanol–water partition coefficient (Wildman–Crippen LogP) is 3.80. The van der Waals surface area contributed by atoms with E-state index in [4.69, 9.17) is 9.47 Å². The first-order valence-electron chi connectivity index (χ1n) is 12.0. The summed E-state index contributed by atoms with van der Waals surface area (Å²) in [5, 5.41) is 28.4. The number of benzene rings is 2. The van der Waals surface area contributed by atoms with Gasteiger partial charge in [0.25, 0.3) is 0 Å². The minimum Gasteiger partial charge on any atom is -0.490 e. The van der Waals surface area contributed by atoms with Crippen molar-refractivity contribution in [2.45, 2.75) is 50.0 Å². The Morgan fingerprint density at radius 1 is 0.971 bits per heavy atom. The van der Waals surface area contributed by atoms with E-state index in [1.165, 1.54) is 31.4 Å². The van der Waals surface area contributed by atoms with E-state index in [9.17, 15) is 24.9 Å². The van der Waals surface area contributed by atoms with E-state index in [2.05, 4.69) is 0 Å². The van der Waals surface area contributed by atoms with E-state index in [1.807, 2.05) is 6.07 Å². The topological polar surface area (TPSA) is 113 Å². The molecule has 34 heavy (non-hydrogen) atoms. The number of carboxylic acid groups (broad SMARTS) is 1. The Hall–Kier alpha value is -2.90. The molecule has 3 N–H and O–H groups in total. The maximum atomic E-state index is 13.1. The molecule has 0 radical (unpaired) electrons. The van der Waals surface area contributed by atoms with Gasteiger partial charge < -0.3 is 24.8 Å². The lowest BCUT2D eigenvalue weighted by molar-refractivity contribution is -0.00740. The van der Waals surface area contributed by atoms with Crippen molar-refractivity contribution in [1.82, 2.24) is 0 Å². The Bertz CT molecular complexity index is 1060. The quantitative estimate of drug-likeness (QED) is 0.401. The van der Waals surface area contributed by atoms with E-state index in [1.54, 1.807) is 24.3 Å². The number of carboxylic acids is 1. The molecule has 4 aliphatic carbocycles. The van der Waals surface area contributed by atoms with Crippen LogP contribution in [0.4, 0.5) is 0 Å². The van der Waals surface area contributed by atoms with Crippen LogP contribution in [0, 0.1) is 17.8 Å². The van der Waals surface area contributed by atoms with E-state index < -0.39 is 18.0 Å². The number of carbonyl (C=O) groups is 2. The van der Waals surface area contributed by atoms with Gasteiger partial charge in [0.1, 0.15) is 29.8 Å². The van der Waals surface area contributed by atoms with Crippen LogP contribution in [0.1, 0.15) is 64.8 Å². The number of rotatable bonds is 8. The van der Waals surface area contributed by atoms with Gasteiger partial charge in [-0.05, 0) is 92.0 Å². The second-order valence-electron chi connectivity index (χ2n) is 10.2. The summed E-state index contributed by atoms with van der Waals surface area (Å²) >= 11 is 0. The number of aliphatic hydroxyl groups is 2. The first-order chi connectivity index (χ1) is 16.4. The van der Waals surface area contributed by atoms with Crippen LogP contribution in [0.3, 0.4) is 0 Å².